The van der Waals surface area contributed by atoms with Crippen molar-refractivity contribution >= 4 is 5.82 Å². The van der Waals surface area contributed by atoms with E-state index in [1.807, 2.05) is 6.92 Å². The van der Waals surface area contributed by atoms with Gasteiger partial charge in [0.15, 0.2) is 0 Å². The zero-order valence-corrected chi connectivity index (χ0v) is 10.4. The Hall–Kier alpha value is -1.09. The Morgan fingerprint density at radius 2 is 2.29 bits per heavy atom. The number of fused-ring (bicyclic) bond motifs is 1. The van der Waals surface area contributed by atoms with Gasteiger partial charge in [-0.1, -0.05) is 6.07 Å². The molecule has 0 spiro atoms. The van der Waals surface area contributed by atoms with Crippen molar-refractivity contribution in [2.75, 3.05) is 18.0 Å². The highest BCUT2D eigenvalue weighted by Gasteiger charge is 2.27. The van der Waals surface area contributed by atoms with Gasteiger partial charge in [-0.25, -0.2) is 4.98 Å². The van der Waals surface area contributed by atoms with Crippen LogP contribution < -0.4 is 4.90 Å². The summed E-state index contributed by atoms with van der Waals surface area (Å²) in [5.41, 5.74) is 2.73. The van der Waals surface area contributed by atoms with E-state index < -0.39 is 0 Å². The summed E-state index contributed by atoms with van der Waals surface area (Å²) >= 11 is 0. The number of aliphatic hydroxyl groups is 1. The van der Waals surface area contributed by atoms with E-state index in [9.17, 15) is 5.11 Å². The zero-order chi connectivity index (χ0) is 11.8. The van der Waals surface area contributed by atoms with Crippen LogP contribution >= 0.6 is 0 Å². The molecule has 0 saturated carbocycles. The van der Waals surface area contributed by atoms with Crippen molar-refractivity contribution in [2.24, 2.45) is 5.92 Å². The third-order valence-corrected chi connectivity index (χ3v) is 4.14. The van der Waals surface area contributed by atoms with Crippen LogP contribution in [-0.4, -0.2) is 29.3 Å². The first kappa shape index (κ1) is 11.0. The fraction of sp³-hybridized carbons (Fsp3) is 0.643. The number of aryl methyl sites for hydroxylation is 2. The van der Waals surface area contributed by atoms with Crippen LogP contribution in [0, 0.1) is 5.92 Å². The summed E-state index contributed by atoms with van der Waals surface area (Å²) in [6, 6.07) is 4.38. The first-order valence-electron chi connectivity index (χ1n) is 6.66. The monoisotopic (exact) mass is 232 g/mol. The fourth-order valence-corrected chi connectivity index (χ4v) is 2.97. The maximum atomic E-state index is 9.62. The fourth-order valence-electron chi connectivity index (χ4n) is 2.97. The minimum atomic E-state index is -0.200. The van der Waals surface area contributed by atoms with Gasteiger partial charge in [0.25, 0.3) is 0 Å². The molecular weight excluding hydrogens is 212 g/mol. The van der Waals surface area contributed by atoms with Crippen molar-refractivity contribution in [3.05, 3.63) is 23.4 Å². The third-order valence-electron chi connectivity index (χ3n) is 4.14. The number of aromatic nitrogens is 1. The van der Waals surface area contributed by atoms with Gasteiger partial charge in [0.2, 0.25) is 0 Å². The molecule has 17 heavy (non-hydrogen) atoms. The molecule has 2 atom stereocenters. The molecule has 1 fully saturated rings. The zero-order valence-electron chi connectivity index (χ0n) is 10.4. The van der Waals surface area contributed by atoms with Crippen molar-refractivity contribution in [1.29, 1.82) is 0 Å². The first-order chi connectivity index (χ1) is 8.24. The lowest BCUT2D eigenvalue weighted by molar-refractivity contribution is 0.136. The van der Waals surface area contributed by atoms with Crippen LogP contribution in [0.2, 0.25) is 0 Å². The average Bonchev–Trinajstić information content (AvgIpc) is 2.97. The van der Waals surface area contributed by atoms with E-state index in [0.717, 1.165) is 31.7 Å². The average molecular weight is 232 g/mol. The Labute approximate surface area is 102 Å². The number of hydrogen-bond acceptors (Lipinski definition) is 3. The standard InChI is InChI=1S/C14H20N2O/c1-10(17)12-7-8-16(9-12)14-6-5-11-3-2-4-13(11)15-14/h5-6,10,12,17H,2-4,7-9H2,1H3. The van der Waals surface area contributed by atoms with Crippen LogP contribution in [-0.2, 0) is 12.8 Å². The molecular formula is C14H20N2O. The smallest absolute Gasteiger partial charge is 0.128 e. The molecule has 2 aliphatic rings. The number of rotatable bonds is 2. The molecule has 0 radical (unpaired) electrons. The Morgan fingerprint density at radius 3 is 3.06 bits per heavy atom. The highest BCUT2D eigenvalue weighted by atomic mass is 16.3. The van der Waals surface area contributed by atoms with Gasteiger partial charge in [-0.05, 0) is 44.2 Å². The van der Waals surface area contributed by atoms with Crippen LogP contribution in [0.25, 0.3) is 0 Å². The van der Waals surface area contributed by atoms with Gasteiger partial charge in [0.1, 0.15) is 5.82 Å². The number of pyridine rings is 1. The van der Waals surface area contributed by atoms with E-state index in [0.29, 0.717) is 5.92 Å². The van der Waals surface area contributed by atoms with Crippen molar-refractivity contribution in [3.8, 4) is 0 Å². The Balaban J connectivity index is 1.77. The molecule has 2 unspecified atom stereocenters. The predicted molar refractivity (Wildman–Crippen MR) is 68.3 cm³/mol. The molecule has 3 heteroatoms. The quantitative estimate of drug-likeness (QED) is 0.844. The van der Waals surface area contributed by atoms with Crippen LogP contribution in [0.1, 0.15) is 31.0 Å². The summed E-state index contributed by atoms with van der Waals surface area (Å²) in [5, 5.41) is 9.62. The Bertz CT molecular complexity index is 417. The van der Waals surface area contributed by atoms with E-state index >= 15 is 0 Å². The maximum absolute atomic E-state index is 9.62. The van der Waals surface area contributed by atoms with E-state index in [1.54, 1.807) is 0 Å². The lowest BCUT2D eigenvalue weighted by Gasteiger charge is -2.19. The van der Waals surface area contributed by atoms with Gasteiger partial charge in [-0.15, -0.1) is 0 Å². The SMILES string of the molecule is CC(O)C1CCN(c2ccc3c(n2)CCC3)C1. The summed E-state index contributed by atoms with van der Waals surface area (Å²) in [4.78, 5) is 7.09. The predicted octanol–water partition coefficient (Wildman–Crippen LogP) is 1.78. The van der Waals surface area contributed by atoms with Crippen LogP contribution in [0.5, 0.6) is 0 Å². The van der Waals surface area contributed by atoms with Gasteiger partial charge in [-0.3, -0.25) is 0 Å². The molecule has 1 saturated heterocycles. The first-order valence-corrected chi connectivity index (χ1v) is 6.66. The largest absolute Gasteiger partial charge is 0.393 e. The van der Waals surface area contributed by atoms with Gasteiger partial charge >= 0.3 is 0 Å². The molecule has 0 amide bonds. The molecule has 1 aliphatic heterocycles. The summed E-state index contributed by atoms with van der Waals surface area (Å²) < 4.78 is 0. The Morgan fingerprint density at radius 1 is 1.41 bits per heavy atom. The second kappa shape index (κ2) is 4.30. The normalized spacial score (nSPS) is 25.1. The molecule has 3 nitrogen and oxygen atoms in total. The number of anilines is 1. The molecule has 1 N–H and O–H groups in total. The number of hydrogen-bond donors (Lipinski definition) is 1. The van der Waals surface area contributed by atoms with Gasteiger partial charge in [-0.2, -0.15) is 0 Å². The third kappa shape index (κ3) is 2.04. The van der Waals surface area contributed by atoms with Gasteiger partial charge < -0.3 is 10.0 Å². The van der Waals surface area contributed by atoms with E-state index in [-0.39, 0.29) is 6.10 Å². The van der Waals surface area contributed by atoms with Crippen molar-refractivity contribution in [3.63, 3.8) is 0 Å². The second-order valence-electron chi connectivity index (χ2n) is 5.36. The lowest BCUT2D eigenvalue weighted by Crippen LogP contribution is -2.24. The molecule has 92 valence electrons. The van der Waals surface area contributed by atoms with Crippen molar-refractivity contribution < 1.29 is 5.11 Å². The van der Waals surface area contributed by atoms with Gasteiger partial charge in [0.05, 0.1) is 6.10 Å². The number of aliphatic hydroxyl groups excluding tert-OH is 1. The van der Waals surface area contributed by atoms with E-state index in [4.69, 9.17) is 4.98 Å². The molecule has 1 aromatic heterocycles. The Kier molecular flexibility index (Phi) is 2.79. The highest BCUT2D eigenvalue weighted by molar-refractivity contribution is 5.44. The van der Waals surface area contributed by atoms with Crippen LogP contribution in [0.4, 0.5) is 5.82 Å². The molecule has 1 aromatic rings. The number of nitrogens with zero attached hydrogens (tertiary/aromatic N) is 2. The summed E-state index contributed by atoms with van der Waals surface area (Å²) in [6.45, 7) is 3.87. The van der Waals surface area contributed by atoms with E-state index in [1.165, 1.54) is 24.1 Å². The van der Waals surface area contributed by atoms with Crippen molar-refractivity contribution in [1.82, 2.24) is 4.98 Å². The summed E-state index contributed by atoms with van der Waals surface area (Å²) in [6.07, 6.45) is 4.46. The second-order valence-corrected chi connectivity index (χ2v) is 5.36. The maximum Gasteiger partial charge on any atom is 0.128 e. The molecule has 0 bridgehead atoms. The minimum absolute atomic E-state index is 0.200. The van der Waals surface area contributed by atoms with Crippen LogP contribution in [0.3, 0.4) is 0 Å². The highest BCUT2D eigenvalue weighted by Crippen LogP contribution is 2.27. The molecule has 0 aromatic carbocycles. The topological polar surface area (TPSA) is 36.4 Å². The van der Waals surface area contributed by atoms with E-state index in [2.05, 4.69) is 17.0 Å². The summed E-state index contributed by atoms with van der Waals surface area (Å²) in [5.74, 6) is 1.51. The van der Waals surface area contributed by atoms with Crippen LogP contribution in [0.15, 0.2) is 12.1 Å². The summed E-state index contributed by atoms with van der Waals surface area (Å²) in [7, 11) is 0. The minimum Gasteiger partial charge on any atom is -0.393 e. The molecule has 2 heterocycles. The lowest BCUT2D eigenvalue weighted by atomic mass is 10.0. The molecule has 3 rings (SSSR count). The van der Waals surface area contributed by atoms with Crippen molar-refractivity contribution in [2.45, 2.75) is 38.7 Å². The molecule has 1 aliphatic carbocycles. The van der Waals surface area contributed by atoms with Gasteiger partial charge in [0, 0.05) is 24.7 Å².